The highest BCUT2D eigenvalue weighted by Crippen LogP contribution is 2.27. The number of ether oxygens (including phenoxy) is 2. The van der Waals surface area contributed by atoms with Crippen molar-refractivity contribution in [2.24, 2.45) is 0 Å². The molecule has 0 saturated heterocycles. The molecule has 1 N–H and O–H groups in total. The average molecular weight is 367 g/mol. The lowest BCUT2D eigenvalue weighted by atomic mass is 10.2. The van der Waals surface area contributed by atoms with Crippen LogP contribution in [0.5, 0.6) is 0 Å². The number of benzene rings is 1. The molecule has 3 rings (SSSR count). The first-order chi connectivity index (χ1) is 10.2. The van der Waals surface area contributed by atoms with E-state index in [0.717, 1.165) is 15.7 Å². The highest BCUT2D eigenvalue weighted by Gasteiger charge is 2.16. The first kappa shape index (κ1) is 14.1. The summed E-state index contributed by atoms with van der Waals surface area (Å²) >= 11 is 4.79. The van der Waals surface area contributed by atoms with Crippen LogP contribution < -0.4 is 5.32 Å². The van der Waals surface area contributed by atoms with Gasteiger partial charge in [0.1, 0.15) is 19.5 Å². The number of halogens is 1. The summed E-state index contributed by atoms with van der Waals surface area (Å²) in [6.45, 7) is 0.835. The second kappa shape index (κ2) is 6.28. The largest absolute Gasteiger partial charge is 0.494 e. The quantitative estimate of drug-likeness (QED) is 0.904. The number of hydrogen-bond acceptors (Lipinski definition) is 5. The Morgan fingerprint density at radius 2 is 2.29 bits per heavy atom. The number of anilines is 1. The molecule has 0 spiro atoms. The molecule has 0 fully saturated rings. The van der Waals surface area contributed by atoms with Crippen LogP contribution in [-0.4, -0.2) is 24.1 Å². The van der Waals surface area contributed by atoms with Crippen molar-refractivity contribution in [3.8, 4) is 11.3 Å². The molecular formula is C14H11BrN2O3S. The van der Waals surface area contributed by atoms with Gasteiger partial charge in [0, 0.05) is 15.4 Å². The van der Waals surface area contributed by atoms with Gasteiger partial charge in [-0.1, -0.05) is 28.1 Å². The van der Waals surface area contributed by atoms with Gasteiger partial charge in [0.15, 0.2) is 5.13 Å². The van der Waals surface area contributed by atoms with Crippen LogP contribution in [0.3, 0.4) is 0 Å². The Hall–Kier alpha value is -1.86. The fourth-order valence-electron chi connectivity index (χ4n) is 1.76. The number of thiazole rings is 1. The molecule has 0 saturated carbocycles. The lowest BCUT2D eigenvalue weighted by molar-refractivity contribution is -0.117. The van der Waals surface area contributed by atoms with Gasteiger partial charge in [-0.25, -0.2) is 4.98 Å². The third-order valence-electron chi connectivity index (χ3n) is 2.72. The third kappa shape index (κ3) is 3.43. The van der Waals surface area contributed by atoms with Gasteiger partial charge in [-0.05, 0) is 12.1 Å². The van der Waals surface area contributed by atoms with Crippen LogP contribution in [0, 0.1) is 0 Å². The van der Waals surface area contributed by atoms with E-state index in [1.54, 1.807) is 0 Å². The zero-order valence-electron chi connectivity index (χ0n) is 10.8. The molecule has 0 bridgehead atoms. The predicted molar refractivity (Wildman–Crippen MR) is 83.9 cm³/mol. The van der Waals surface area contributed by atoms with E-state index in [4.69, 9.17) is 9.47 Å². The SMILES string of the molecule is O=C(Nc1nc(-c2cccc(Br)c2)cs1)C1=COCCO1. The number of hydrogen-bond donors (Lipinski definition) is 1. The van der Waals surface area contributed by atoms with E-state index in [1.807, 2.05) is 29.6 Å². The van der Waals surface area contributed by atoms with Gasteiger partial charge in [-0.3, -0.25) is 10.1 Å². The molecule has 2 aromatic rings. The lowest BCUT2D eigenvalue weighted by Gasteiger charge is -2.14. The van der Waals surface area contributed by atoms with Gasteiger partial charge in [0.25, 0.3) is 5.91 Å². The predicted octanol–water partition coefficient (Wildman–Crippen LogP) is 3.40. The normalized spacial score (nSPS) is 13.9. The van der Waals surface area contributed by atoms with Crippen molar-refractivity contribution in [2.45, 2.75) is 0 Å². The Morgan fingerprint density at radius 1 is 1.38 bits per heavy atom. The molecule has 1 aromatic carbocycles. The minimum absolute atomic E-state index is 0.167. The number of nitrogens with zero attached hydrogens (tertiary/aromatic N) is 1. The Labute approximate surface area is 133 Å². The van der Waals surface area contributed by atoms with Crippen LogP contribution in [0.1, 0.15) is 0 Å². The van der Waals surface area contributed by atoms with Gasteiger partial charge < -0.3 is 9.47 Å². The average Bonchev–Trinajstić information content (AvgIpc) is 2.97. The Balaban J connectivity index is 1.73. The summed E-state index contributed by atoms with van der Waals surface area (Å²) in [5.74, 6) is -0.190. The second-order valence-electron chi connectivity index (χ2n) is 4.20. The summed E-state index contributed by atoms with van der Waals surface area (Å²) in [6.07, 6.45) is 1.32. The van der Waals surface area contributed by atoms with Crippen molar-refractivity contribution in [2.75, 3.05) is 18.5 Å². The maximum Gasteiger partial charge on any atom is 0.295 e. The van der Waals surface area contributed by atoms with Crippen LogP contribution in [0.4, 0.5) is 5.13 Å². The monoisotopic (exact) mass is 366 g/mol. The maximum absolute atomic E-state index is 11.9. The summed E-state index contributed by atoms with van der Waals surface area (Å²) < 4.78 is 11.3. The first-order valence-corrected chi connectivity index (χ1v) is 7.87. The van der Waals surface area contributed by atoms with Gasteiger partial charge in [0.05, 0.1) is 5.69 Å². The molecule has 1 aliphatic heterocycles. The molecule has 1 amide bonds. The summed E-state index contributed by atoms with van der Waals surface area (Å²) in [5, 5.41) is 5.11. The van der Waals surface area contributed by atoms with Crippen molar-refractivity contribution in [1.82, 2.24) is 4.98 Å². The number of carbonyl (C=O) groups is 1. The van der Waals surface area contributed by atoms with E-state index >= 15 is 0 Å². The number of rotatable bonds is 3. The molecule has 0 aliphatic carbocycles. The van der Waals surface area contributed by atoms with Crippen LogP contribution in [0.15, 0.2) is 46.1 Å². The van der Waals surface area contributed by atoms with Gasteiger partial charge in [-0.15, -0.1) is 11.3 Å². The van der Waals surface area contributed by atoms with Gasteiger partial charge in [0.2, 0.25) is 5.76 Å². The highest BCUT2D eigenvalue weighted by atomic mass is 79.9. The number of amides is 1. The minimum Gasteiger partial charge on any atom is -0.494 e. The van der Waals surface area contributed by atoms with E-state index < -0.39 is 0 Å². The molecular weight excluding hydrogens is 356 g/mol. The van der Waals surface area contributed by atoms with E-state index in [2.05, 4.69) is 26.2 Å². The topological polar surface area (TPSA) is 60.5 Å². The van der Waals surface area contributed by atoms with Crippen LogP contribution in [0.2, 0.25) is 0 Å². The molecule has 0 unspecified atom stereocenters. The lowest BCUT2D eigenvalue weighted by Crippen LogP contribution is -2.21. The Bertz CT molecular complexity index is 699. The number of nitrogens with one attached hydrogen (secondary N) is 1. The fraction of sp³-hybridized carbons (Fsp3) is 0.143. The molecule has 7 heteroatoms. The van der Waals surface area contributed by atoms with Crippen LogP contribution >= 0.6 is 27.3 Å². The van der Waals surface area contributed by atoms with E-state index in [0.29, 0.717) is 18.3 Å². The van der Waals surface area contributed by atoms with Crippen molar-refractivity contribution in [1.29, 1.82) is 0 Å². The smallest absolute Gasteiger partial charge is 0.295 e. The maximum atomic E-state index is 11.9. The fourth-order valence-corrected chi connectivity index (χ4v) is 2.87. The first-order valence-electron chi connectivity index (χ1n) is 6.20. The molecule has 108 valence electrons. The molecule has 5 nitrogen and oxygen atoms in total. The summed E-state index contributed by atoms with van der Waals surface area (Å²) in [4.78, 5) is 16.3. The van der Waals surface area contributed by atoms with Crippen molar-refractivity contribution >= 4 is 38.3 Å². The summed E-state index contributed by atoms with van der Waals surface area (Å²) in [6, 6.07) is 7.83. The van der Waals surface area contributed by atoms with Crippen molar-refractivity contribution in [3.05, 3.63) is 46.1 Å². The third-order valence-corrected chi connectivity index (χ3v) is 3.97. The van der Waals surface area contributed by atoms with Crippen molar-refractivity contribution in [3.63, 3.8) is 0 Å². The molecule has 2 heterocycles. The second-order valence-corrected chi connectivity index (χ2v) is 5.98. The summed E-state index contributed by atoms with van der Waals surface area (Å²) in [5.41, 5.74) is 1.80. The zero-order chi connectivity index (χ0) is 14.7. The molecule has 21 heavy (non-hydrogen) atoms. The Morgan fingerprint density at radius 3 is 3.05 bits per heavy atom. The molecule has 1 aromatic heterocycles. The number of carbonyl (C=O) groups excluding carboxylic acids is 1. The minimum atomic E-state index is -0.357. The van der Waals surface area contributed by atoms with Gasteiger partial charge >= 0.3 is 0 Å². The van der Waals surface area contributed by atoms with E-state index in [9.17, 15) is 4.79 Å². The molecule has 0 atom stereocenters. The van der Waals surface area contributed by atoms with Crippen LogP contribution in [-0.2, 0) is 14.3 Å². The molecule has 0 radical (unpaired) electrons. The summed E-state index contributed by atoms with van der Waals surface area (Å²) in [7, 11) is 0. The van der Waals surface area contributed by atoms with E-state index in [1.165, 1.54) is 17.6 Å². The van der Waals surface area contributed by atoms with Crippen LogP contribution in [0.25, 0.3) is 11.3 Å². The van der Waals surface area contributed by atoms with Crippen molar-refractivity contribution < 1.29 is 14.3 Å². The Kier molecular flexibility index (Phi) is 4.21. The highest BCUT2D eigenvalue weighted by molar-refractivity contribution is 9.10. The van der Waals surface area contributed by atoms with E-state index in [-0.39, 0.29) is 11.7 Å². The van der Waals surface area contributed by atoms with Gasteiger partial charge in [-0.2, -0.15) is 0 Å². The molecule has 1 aliphatic rings. The number of aromatic nitrogens is 1. The standard InChI is InChI=1S/C14H11BrN2O3S/c15-10-3-1-2-9(6-10)11-8-21-14(16-11)17-13(18)12-7-19-4-5-20-12/h1-3,6-8H,4-5H2,(H,16,17,18). The zero-order valence-corrected chi connectivity index (χ0v) is 13.2.